The molecule has 0 saturated carbocycles. The van der Waals surface area contributed by atoms with E-state index < -0.39 is 0 Å². The maximum Gasteiger partial charge on any atom is 0.133 e. The first-order valence-electron chi connectivity index (χ1n) is 7.29. The van der Waals surface area contributed by atoms with E-state index in [1.165, 1.54) is 0 Å². The molecule has 1 aliphatic heterocycles. The van der Waals surface area contributed by atoms with Crippen molar-refractivity contribution in [2.24, 2.45) is 5.73 Å². The van der Waals surface area contributed by atoms with E-state index in [4.69, 9.17) is 15.5 Å². The minimum atomic E-state index is -0.209. The smallest absolute Gasteiger partial charge is 0.133 e. The minimum Gasteiger partial charge on any atom is -0.367 e. The highest BCUT2D eigenvalue weighted by Crippen LogP contribution is 2.25. The van der Waals surface area contributed by atoms with Crippen molar-refractivity contribution in [2.45, 2.75) is 52.2 Å². The molecule has 2 N–H and O–H groups in total. The number of rotatable bonds is 3. The van der Waals surface area contributed by atoms with Gasteiger partial charge in [0.05, 0.1) is 11.7 Å². The Hall–Kier alpha value is -1.20. The van der Waals surface area contributed by atoms with Crippen LogP contribution < -0.4 is 10.6 Å². The maximum absolute atomic E-state index is 5.97. The molecule has 1 aliphatic rings. The van der Waals surface area contributed by atoms with Crippen LogP contribution in [0.25, 0.3) is 0 Å². The largest absolute Gasteiger partial charge is 0.367 e. The number of hydrogen-bond donors (Lipinski definition) is 1. The van der Waals surface area contributed by atoms with Gasteiger partial charge >= 0.3 is 0 Å². The van der Waals surface area contributed by atoms with Crippen LogP contribution in [0.3, 0.4) is 0 Å². The second-order valence-corrected chi connectivity index (χ2v) is 6.50. The van der Waals surface area contributed by atoms with Gasteiger partial charge in [-0.2, -0.15) is 0 Å². The van der Waals surface area contributed by atoms with Crippen LogP contribution in [0.5, 0.6) is 0 Å². The molecule has 0 radical (unpaired) electrons. The average Bonchev–Trinajstić information content (AvgIpc) is 2.36. The molecule has 0 amide bonds. The number of aromatic nitrogens is 2. The molecule has 1 saturated heterocycles. The second kappa shape index (κ2) is 5.66. The summed E-state index contributed by atoms with van der Waals surface area (Å²) < 4.78 is 5.97. The minimum absolute atomic E-state index is 0.0523. The number of hydrogen-bond acceptors (Lipinski definition) is 5. The van der Waals surface area contributed by atoms with Crippen LogP contribution in [0.15, 0.2) is 6.07 Å². The summed E-state index contributed by atoms with van der Waals surface area (Å²) in [7, 11) is 0. The lowest BCUT2D eigenvalue weighted by molar-refractivity contribution is -0.0790. The molecule has 2 heterocycles. The van der Waals surface area contributed by atoms with Crippen LogP contribution >= 0.6 is 0 Å². The molecule has 2 rings (SSSR count). The van der Waals surface area contributed by atoms with Gasteiger partial charge < -0.3 is 15.4 Å². The highest BCUT2D eigenvalue weighted by Gasteiger charge is 2.33. The third-order valence-corrected chi connectivity index (χ3v) is 3.44. The predicted molar refractivity (Wildman–Crippen MR) is 81.1 cm³/mol. The Bertz CT molecular complexity index is 473. The Balaban J connectivity index is 2.30. The molecule has 1 atom stereocenters. The maximum atomic E-state index is 5.97. The lowest BCUT2D eigenvalue weighted by atomic mass is 10.0. The molecule has 5 heteroatoms. The molecule has 20 heavy (non-hydrogen) atoms. The fourth-order valence-corrected chi connectivity index (χ4v) is 2.59. The highest BCUT2D eigenvalue weighted by atomic mass is 16.5. The first-order chi connectivity index (χ1) is 9.30. The predicted octanol–water partition coefficient (Wildman–Crippen LogP) is 1.85. The Morgan fingerprint density at radius 2 is 2.15 bits per heavy atom. The van der Waals surface area contributed by atoms with Crippen molar-refractivity contribution >= 4 is 5.82 Å². The van der Waals surface area contributed by atoms with Crippen molar-refractivity contribution in [3.63, 3.8) is 0 Å². The van der Waals surface area contributed by atoms with E-state index in [1.807, 2.05) is 13.0 Å². The monoisotopic (exact) mass is 278 g/mol. The van der Waals surface area contributed by atoms with Crippen LogP contribution in [0.4, 0.5) is 5.82 Å². The van der Waals surface area contributed by atoms with Gasteiger partial charge in [0.2, 0.25) is 0 Å². The lowest BCUT2D eigenvalue weighted by Crippen LogP contribution is -2.55. The van der Waals surface area contributed by atoms with Crippen molar-refractivity contribution in [3.8, 4) is 0 Å². The Morgan fingerprint density at radius 3 is 2.75 bits per heavy atom. The summed E-state index contributed by atoms with van der Waals surface area (Å²) in [5.41, 5.74) is 6.59. The summed E-state index contributed by atoms with van der Waals surface area (Å²) in [4.78, 5) is 11.5. The zero-order chi connectivity index (χ0) is 14.9. The number of morpholine rings is 1. The van der Waals surface area contributed by atoms with Crippen LogP contribution in [-0.4, -0.2) is 41.3 Å². The van der Waals surface area contributed by atoms with Crippen molar-refractivity contribution in [1.82, 2.24) is 9.97 Å². The van der Waals surface area contributed by atoms with E-state index in [9.17, 15) is 0 Å². The molecule has 1 unspecified atom stereocenters. The molecular weight excluding hydrogens is 252 g/mol. The van der Waals surface area contributed by atoms with Crippen molar-refractivity contribution in [2.75, 3.05) is 24.5 Å². The number of aryl methyl sites for hydroxylation is 1. The van der Waals surface area contributed by atoms with Gasteiger partial charge in [0.25, 0.3) is 0 Å². The summed E-state index contributed by atoms with van der Waals surface area (Å²) in [6, 6.07) is 2.04. The zero-order valence-corrected chi connectivity index (χ0v) is 13.2. The first kappa shape index (κ1) is 15.2. The third-order valence-electron chi connectivity index (χ3n) is 3.44. The van der Waals surface area contributed by atoms with Gasteiger partial charge in [0.1, 0.15) is 11.6 Å². The second-order valence-electron chi connectivity index (χ2n) is 6.50. The van der Waals surface area contributed by atoms with E-state index in [1.54, 1.807) is 0 Å². The van der Waals surface area contributed by atoms with E-state index in [0.29, 0.717) is 12.5 Å². The summed E-state index contributed by atoms with van der Waals surface area (Å²) in [6.45, 7) is 12.6. The van der Waals surface area contributed by atoms with Gasteiger partial charge in [-0.25, -0.2) is 9.97 Å². The molecule has 112 valence electrons. The molecule has 0 bridgehead atoms. The molecular formula is C15H26N4O. The molecule has 1 fully saturated rings. The fourth-order valence-electron chi connectivity index (χ4n) is 2.59. The van der Waals surface area contributed by atoms with Gasteiger partial charge in [-0.1, -0.05) is 13.8 Å². The molecule has 0 aliphatic carbocycles. The first-order valence-corrected chi connectivity index (χ1v) is 7.29. The van der Waals surface area contributed by atoms with Crippen LogP contribution in [0.1, 0.15) is 45.1 Å². The SMILES string of the molecule is Cc1cc(N2CC(CN)OC(C)(C)C2)nc(C(C)C)n1. The van der Waals surface area contributed by atoms with Gasteiger partial charge in [-0.15, -0.1) is 0 Å². The van der Waals surface area contributed by atoms with E-state index in [2.05, 4.69) is 37.6 Å². The summed E-state index contributed by atoms with van der Waals surface area (Å²) in [5, 5.41) is 0. The fraction of sp³-hybridized carbons (Fsp3) is 0.733. The van der Waals surface area contributed by atoms with Crippen molar-refractivity contribution in [3.05, 3.63) is 17.6 Å². The molecule has 1 aromatic heterocycles. The topological polar surface area (TPSA) is 64.3 Å². The zero-order valence-electron chi connectivity index (χ0n) is 13.2. The Morgan fingerprint density at radius 1 is 1.45 bits per heavy atom. The normalized spacial score (nSPS) is 22.4. The Kier molecular flexibility index (Phi) is 4.30. The molecule has 1 aromatic rings. The molecule has 0 spiro atoms. The van der Waals surface area contributed by atoms with Crippen LogP contribution in [0, 0.1) is 6.92 Å². The Labute approximate surface area is 121 Å². The highest BCUT2D eigenvalue weighted by molar-refractivity contribution is 5.41. The standard InChI is InChI=1S/C15H26N4O/c1-10(2)14-17-11(3)6-13(18-14)19-8-12(7-16)20-15(4,5)9-19/h6,10,12H,7-9,16H2,1-5H3. The van der Waals surface area contributed by atoms with Gasteiger partial charge in [0.15, 0.2) is 0 Å². The number of nitrogens with two attached hydrogens (primary N) is 1. The number of anilines is 1. The number of ether oxygens (including phenoxy) is 1. The lowest BCUT2D eigenvalue weighted by Gasteiger charge is -2.43. The van der Waals surface area contributed by atoms with Crippen LogP contribution in [0.2, 0.25) is 0 Å². The van der Waals surface area contributed by atoms with E-state index >= 15 is 0 Å². The van der Waals surface area contributed by atoms with Crippen molar-refractivity contribution < 1.29 is 4.74 Å². The van der Waals surface area contributed by atoms with Crippen molar-refractivity contribution in [1.29, 1.82) is 0 Å². The van der Waals surface area contributed by atoms with E-state index in [-0.39, 0.29) is 11.7 Å². The van der Waals surface area contributed by atoms with E-state index in [0.717, 1.165) is 30.4 Å². The third kappa shape index (κ3) is 3.46. The average molecular weight is 278 g/mol. The van der Waals surface area contributed by atoms with Crippen LogP contribution in [-0.2, 0) is 4.74 Å². The number of nitrogens with zero attached hydrogens (tertiary/aromatic N) is 3. The summed E-state index contributed by atoms with van der Waals surface area (Å²) in [6.07, 6.45) is 0.0523. The van der Waals surface area contributed by atoms with Gasteiger partial charge in [0, 0.05) is 37.3 Å². The van der Waals surface area contributed by atoms with Gasteiger partial charge in [-0.05, 0) is 20.8 Å². The summed E-state index contributed by atoms with van der Waals surface area (Å²) in [5.74, 6) is 2.21. The summed E-state index contributed by atoms with van der Waals surface area (Å²) >= 11 is 0. The van der Waals surface area contributed by atoms with Gasteiger partial charge in [-0.3, -0.25) is 0 Å². The quantitative estimate of drug-likeness (QED) is 0.914. The molecule has 0 aromatic carbocycles. The molecule has 5 nitrogen and oxygen atoms in total.